The number of rotatable bonds is 5. The van der Waals surface area contributed by atoms with Crippen LogP contribution in [0.4, 0.5) is 5.95 Å². The Bertz CT molecular complexity index is 786. The molecule has 0 spiro atoms. The molecule has 9 heteroatoms. The van der Waals surface area contributed by atoms with E-state index < -0.39 is 10.2 Å². The SMILES string of the molecule is CN(C)c1n[nH]c(CNS(=O)(=O)N2CCc3ccccc3C2)n1. The Morgan fingerprint density at radius 2 is 2.04 bits per heavy atom. The van der Waals surface area contributed by atoms with Gasteiger partial charge in [-0.15, -0.1) is 5.10 Å². The highest BCUT2D eigenvalue weighted by Gasteiger charge is 2.26. The third-order valence-corrected chi connectivity index (χ3v) is 5.28. The van der Waals surface area contributed by atoms with Crippen molar-refractivity contribution in [3.8, 4) is 0 Å². The van der Waals surface area contributed by atoms with E-state index >= 15 is 0 Å². The zero-order valence-corrected chi connectivity index (χ0v) is 14.0. The van der Waals surface area contributed by atoms with Gasteiger partial charge in [-0.2, -0.15) is 22.4 Å². The van der Waals surface area contributed by atoms with E-state index in [2.05, 4.69) is 19.9 Å². The second-order valence-electron chi connectivity index (χ2n) is 5.65. The quantitative estimate of drug-likeness (QED) is 0.817. The molecule has 1 aromatic carbocycles. The Balaban J connectivity index is 1.65. The molecule has 0 fully saturated rings. The highest BCUT2D eigenvalue weighted by Crippen LogP contribution is 2.20. The molecule has 0 amide bonds. The van der Waals surface area contributed by atoms with Crippen LogP contribution < -0.4 is 9.62 Å². The zero-order chi connectivity index (χ0) is 16.4. The smallest absolute Gasteiger partial charge is 0.280 e. The van der Waals surface area contributed by atoms with Gasteiger partial charge in [0.1, 0.15) is 5.82 Å². The molecule has 8 nitrogen and oxygen atoms in total. The van der Waals surface area contributed by atoms with Gasteiger partial charge in [0.15, 0.2) is 0 Å². The third kappa shape index (κ3) is 3.52. The first-order valence-corrected chi connectivity index (χ1v) is 8.80. The lowest BCUT2D eigenvalue weighted by Gasteiger charge is -2.27. The van der Waals surface area contributed by atoms with Crippen LogP contribution in [0.25, 0.3) is 0 Å². The van der Waals surface area contributed by atoms with Gasteiger partial charge in [-0.3, -0.25) is 5.10 Å². The number of anilines is 1. The fraction of sp³-hybridized carbons (Fsp3) is 0.429. The van der Waals surface area contributed by atoms with E-state index in [0.29, 0.717) is 24.9 Å². The molecule has 23 heavy (non-hydrogen) atoms. The second-order valence-corrected chi connectivity index (χ2v) is 7.41. The number of hydrogen-bond acceptors (Lipinski definition) is 5. The van der Waals surface area contributed by atoms with Crippen molar-refractivity contribution in [2.75, 3.05) is 25.5 Å². The molecular formula is C14H20N6O2S. The zero-order valence-electron chi connectivity index (χ0n) is 13.2. The number of hydrogen-bond donors (Lipinski definition) is 2. The number of aromatic nitrogens is 3. The van der Waals surface area contributed by atoms with Crippen LogP contribution in [0.3, 0.4) is 0 Å². The molecule has 1 aliphatic rings. The highest BCUT2D eigenvalue weighted by atomic mass is 32.2. The fourth-order valence-corrected chi connectivity index (χ4v) is 3.63. The monoisotopic (exact) mass is 336 g/mol. The molecule has 124 valence electrons. The molecule has 1 aromatic heterocycles. The number of nitrogens with one attached hydrogen (secondary N) is 2. The number of benzene rings is 1. The van der Waals surface area contributed by atoms with Gasteiger partial charge in [0.25, 0.3) is 10.2 Å². The number of nitrogens with zero attached hydrogens (tertiary/aromatic N) is 4. The highest BCUT2D eigenvalue weighted by molar-refractivity contribution is 7.87. The van der Waals surface area contributed by atoms with Crippen molar-refractivity contribution >= 4 is 16.2 Å². The van der Waals surface area contributed by atoms with Crippen LogP contribution in [0.1, 0.15) is 17.0 Å². The lowest BCUT2D eigenvalue weighted by atomic mass is 10.0. The van der Waals surface area contributed by atoms with Gasteiger partial charge < -0.3 is 4.90 Å². The lowest BCUT2D eigenvalue weighted by molar-refractivity contribution is 0.383. The Morgan fingerprint density at radius 1 is 1.30 bits per heavy atom. The van der Waals surface area contributed by atoms with Crippen LogP contribution in [0, 0.1) is 0 Å². The first-order valence-electron chi connectivity index (χ1n) is 7.36. The van der Waals surface area contributed by atoms with Crippen LogP contribution in [-0.4, -0.2) is 48.5 Å². The maximum atomic E-state index is 12.5. The van der Waals surface area contributed by atoms with E-state index in [9.17, 15) is 8.42 Å². The third-order valence-electron chi connectivity index (χ3n) is 3.78. The van der Waals surface area contributed by atoms with Gasteiger partial charge in [-0.25, -0.2) is 0 Å². The van der Waals surface area contributed by atoms with E-state index in [1.165, 1.54) is 9.87 Å². The molecule has 3 rings (SSSR count). The summed E-state index contributed by atoms with van der Waals surface area (Å²) in [5, 5.41) is 6.73. The lowest BCUT2D eigenvalue weighted by Crippen LogP contribution is -2.43. The Hall–Kier alpha value is -1.97. The summed E-state index contributed by atoms with van der Waals surface area (Å²) < 4.78 is 28.9. The first-order chi connectivity index (χ1) is 11.0. The van der Waals surface area contributed by atoms with Crippen molar-refractivity contribution in [1.29, 1.82) is 0 Å². The predicted octanol–water partition coefficient (Wildman–Crippen LogP) is 0.263. The maximum absolute atomic E-state index is 12.5. The van der Waals surface area contributed by atoms with E-state index in [4.69, 9.17) is 0 Å². The summed E-state index contributed by atoms with van der Waals surface area (Å²) >= 11 is 0. The molecule has 0 aliphatic carbocycles. The van der Waals surface area contributed by atoms with E-state index in [-0.39, 0.29) is 6.54 Å². The molecule has 2 N–H and O–H groups in total. The molecule has 0 radical (unpaired) electrons. The minimum atomic E-state index is -3.55. The molecule has 0 bridgehead atoms. The summed E-state index contributed by atoms with van der Waals surface area (Å²) in [7, 11) is 0.0902. The van der Waals surface area contributed by atoms with Crippen molar-refractivity contribution in [3.63, 3.8) is 0 Å². The average Bonchev–Trinajstić information content (AvgIpc) is 3.02. The largest absolute Gasteiger partial charge is 0.346 e. The van der Waals surface area contributed by atoms with Gasteiger partial charge in [-0.05, 0) is 17.5 Å². The average molecular weight is 336 g/mol. The van der Waals surface area contributed by atoms with Crippen LogP contribution in [-0.2, 0) is 29.7 Å². The second kappa shape index (κ2) is 6.26. The Labute approximate surface area is 135 Å². The predicted molar refractivity (Wildman–Crippen MR) is 87.0 cm³/mol. The molecule has 0 atom stereocenters. The maximum Gasteiger partial charge on any atom is 0.280 e. The summed E-state index contributed by atoms with van der Waals surface area (Å²) in [6, 6.07) is 7.92. The molecule has 0 unspecified atom stereocenters. The van der Waals surface area contributed by atoms with E-state index in [0.717, 1.165) is 12.0 Å². The number of H-pyrrole nitrogens is 1. The van der Waals surface area contributed by atoms with Crippen LogP contribution in [0.15, 0.2) is 24.3 Å². The van der Waals surface area contributed by atoms with E-state index in [1.807, 2.05) is 38.4 Å². The van der Waals surface area contributed by atoms with Gasteiger partial charge in [0.2, 0.25) is 5.95 Å². The normalized spacial score (nSPS) is 15.4. The minimum Gasteiger partial charge on any atom is -0.346 e. The molecule has 0 saturated carbocycles. The van der Waals surface area contributed by atoms with Crippen molar-refractivity contribution in [3.05, 3.63) is 41.2 Å². The molecule has 2 aromatic rings. The molecule has 0 saturated heterocycles. The number of fused-ring (bicyclic) bond motifs is 1. The van der Waals surface area contributed by atoms with Crippen LogP contribution in [0.5, 0.6) is 0 Å². The van der Waals surface area contributed by atoms with Gasteiger partial charge in [0.05, 0.1) is 6.54 Å². The Morgan fingerprint density at radius 3 is 2.74 bits per heavy atom. The minimum absolute atomic E-state index is 0.0846. The standard InChI is InChI=1S/C14H20N6O2S/c1-19(2)14-16-13(17-18-14)9-15-23(21,22)20-8-7-11-5-3-4-6-12(11)10-20/h3-6,15H,7-10H2,1-2H3,(H,16,17,18). The topological polar surface area (TPSA) is 94.2 Å². The summed E-state index contributed by atoms with van der Waals surface area (Å²) in [5.41, 5.74) is 2.27. The van der Waals surface area contributed by atoms with Crippen LogP contribution >= 0.6 is 0 Å². The van der Waals surface area contributed by atoms with Crippen molar-refractivity contribution in [2.24, 2.45) is 0 Å². The summed E-state index contributed by atoms with van der Waals surface area (Å²) in [4.78, 5) is 5.95. The van der Waals surface area contributed by atoms with Gasteiger partial charge in [-0.1, -0.05) is 24.3 Å². The molecule has 2 heterocycles. The van der Waals surface area contributed by atoms with Crippen LogP contribution in [0.2, 0.25) is 0 Å². The van der Waals surface area contributed by atoms with E-state index in [1.54, 1.807) is 4.90 Å². The fourth-order valence-electron chi connectivity index (χ4n) is 2.49. The summed E-state index contributed by atoms with van der Waals surface area (Å²) in [5.74, 6) is 1.00. The first kappa shape index (κ1) is 15.9. The molecule has 1 aliphatic heterocycles. The Kier molecular flexibility index (Phi) is 4.33. The van der Waals surface area contributed by atoms with Gasteiger partial charge in [0, 0.05) is 27.2 Å². The summed E-state index contributed by atoms with van der Waals surface area (Å²) in [6.45, 7) is 0.956. The molecular weight excluding hydrogens is 316 g/mol. The van der Waals surface area contributed by atoms with Crippen molar-refractivity contribution < 1.29 is 8.42 Å². The number of aromatic amines is 1. The van der Waals surface area contributed by atoms with Crippen molar-refractivity contribution in [1.82, 2.24) is 24.2 Å². The van der Waals surface area contributed by atoms with Crippen molar-refractivity contribution in [2.45, 2.75) is 19.5 Å². The van der Waals surface area contributed by atoms with Gasteiger partial charge >= 0.3 is 0 Å². The summed E-state index contributed by atoms with van der Waals surface area (Å²) in [6.07, 6.45) is 0.726.